The Morgan fingerprint density at radius 1 is 1.30 bits per heavy atom. The van der Waals surface area contributed by atoms with Crippen molar-refractivity contribution in [3.05, 3.63) is 0 Å². The maximum atomic E-state index is 5.49. The summed E-state index contributed by atoms with van der Waals surface area (Å²) in [4.78, 5) is 0. The van der Waals surface area contributed by atoms with Crippen LogP contribution in [0.5, 0.6) is 0 Å². The van der Waals surface area contributed by atoms with E-state index in [0.717, 1.165) is 6.61 Å². The summed E-state index contributed by atoms with van der Waals surface area (Å²) >= 11 is 0. The van der Waals surface area contributed by atoms with Crippen LogP contribution < -0.4 is 5.32 Å². The molecule has 0 aromatic carbocycles. The Balaban J connectivity index is 0.000000500. The molecule has 1 N–H and O–H groups in total. The van der Waals surface area contributed by atoms with Gasteiger partial charge in [-0.3, -0.25) is 0 Å². The van der Waals surface area contributed by atoms with Gasteiger partial charge in [-0.05, 0) is 25.8 Å². The first-order chi connectivity index (χ1) is 4.47. The van der Waals surface area contributed by atoms with Crippen LogP contribution in [-0.2, 0) is 4.74 Å². The number of ether oxygens (including phenoxy) is 1. The Kier molecular flexibility index (Phi) is 2.96. The fraction of sp³-hybridized carbons (Fsp3) is 1.00. The van der Waals surface area contributed by atoms with E-state index in [1.807, 2.05) is 0 Å². The molecule has 2 nitrogen and oxygen atoms in total. The van der Waals surface area contributed by atoms with E-state index >= 15 is 0 Å². The van der Waals surface area contributed by atoms with Gasteiger partial charge < -0.3 is 10.1 Å². The van der Waals surface area contributed by atoms with E-state index in [4.69, 9.17) is 4.74 Å². The van der Waals surface area contributed by atoms with Crippen molar-refractivity contribution < 1.29 is 4.74 Å². The molecule has 2 unspecified atom stereocenters. The van der Waals surface area contributed by atoms with E-state index < -0.39 is 0 Å². The predicted octanol–water partition coefficient (Wildman–Crippen LogP) is 0.949. The second kappa shape index (κ2) is 3.56. The number of rotatable bonds is 0. The third kappa shape index (κ3) is 1.44. The van der Waals surface area contributed by atoms with Gasteiger partial charge in [0, 0.05) is 12.6 Å². The molecule has 2 atom stereocenters. The van der Waals surface area contributed by atoms with Crippen LogP contribution in [0.2, 0.25) is 0 Å². The number of hydrogen-bond donors (Lipinski definition) is 1. The minimum Gasteiger partial charge on any atom is -0.377 e. The third-order valence-electron chi connectivity index (χ3n) is 2.28. The Morgan fingerprint density at radius 3 is 3.00 bits per heavy atom. The molecule has 0 bridgehead atoms. The first kappa shape index (κ1) is 8.31. The van der Waals surface area contributed by atoms with Gasteiger partial charge in [0.15, 0.2) is 0 Å². The lowest BCUT2D eigenvalue weighted by atomic mass is 10.0. The second-order valence-corrected chi connectivity index (χ2v) is 2.90. The molecule has 0 spiro atoms. The first-order valence-corrected chi connectivity index (χ1v) is 3.82. The first-order valence-electron chi connectivity index (χ1n) is 3.82. The Labute approximate surface area is 67.7 Å². The maximum absolute atomic E-state index is 5.49. The maximum Gasteiger partial charge on any atom is 0.0729 e. The van der Waals surface area contributed by atoms with E-state index in [2.05, 4.69) is 5.32 Å². The smallest absolute Gasteiger partial charge is 0.0729 e. The summed E-state index contributed by atoms with van der Waals surface area (Å²) in [5, 5.41) is 3.46. The predicted molar refractivity (Wildman–Crippen MR) is 42.6 cm³/mol. The van der Waals surface area contributed by atoms with Crippen molar-refractivity contribution >= 4 is 12.4 Å². The van der Waals surface area contributed by atoms with Crippen molar-refractivity contribution in [2.75, 3.05) is 13.2 Å². The van der Waals surface area contributed by atoms with E-state index in [1.54, 1.807) is 0 Å². The average Bonchev–Trinajstić information content (AvgIpc) is 2.33. The van der Waals surface area contributed by atoms with E-state index in [1.165, 1.54) is 25.8 Å². The van der Waals surface area contributed by atoms with Gasteiger partial charge in [0.2, 0.25) is 0 Å². The third-order valence-corrected chi connectivity index (χ3v) is 2.28. The zero-order chi connectivity index (χ0) is 6.10. The van der Waals surface area contributed by atoms with Crippen LogP contribution in [0.3, 0.4) is 0 Å². The second-order valence-electron chi connectivity index (χ2n) is 2.90. The van der Waals surface area contributed by atoms with Crippen molar-refractivity contribution in [1.29, 1.82) is 0 Å². The Bertz CT molecular complexity index is 97.8. The fourth-order valence-electron chi connectivity index (χ4n) is 1.76. The van der Waals surface area contributed by atoms with Crippen molar-refractivity contribution in [2.45, 2.75) is 31.4 Å². The highest BCUT2D eigenvalue weighted by Crippen LogP contribution is 2.20. The van der Waals surface area contributed by atoms with Crippen LogP contribution in [0.1, 0.15) is 19.3 Å². The molecule has 0 saturated carbocycles. The van der Waals surface area contributed by atoms with E-state index in [0.29, 0.717) is 12.1 Å². The molecule has 2 rings (SSSR count). The summed E-state index contributed by atoms with van der Waals surface area (Å²) < 4.78 is 5.49. The van der Waals surface area contributed by atoms with E-state index in [-0.39, 0.29) is 12.4 Å². The summed E-state index contributed by atoms with van der Waals surface area (Å²) in [6.45, 7) is 2.17. The zero-order valence-electron chi connectivity index (χ0n) is 6.01. The summed E-state index contributed by atoms with van der Waals surface area (Å²) in [5.41, 5.74) is 0. The highest BCUT2D eigenvalue weighted by Gasteiger charge is 2.29. The largest absolute Gasteiger partial charge is 0.377 e. The molecular weight excluding hydrogens is 150 g/mol. The van der Waals surface area contributed by atoms with Crippen molar-refractivity contribution in [3.63, 3.8) is 0 Å². The average molecular weight is 164 g/mol. The number of hydrogen-bond acceptors (Lipinski definition) is 2. The molecule has 3 heteroatoms. The van der Waals surface area contributed by atoms with Crippen LogP contribution in [0, 0.1) is 0 Å². The van der Waals surface area contributed by atoms with Gasteiger partial charge in [-0.25, -0.2) is 0 Å². The number of nitrogens with one attached hydrogen (secondary N) is 1. The summed E-state index contributed by atoms with van der Waals surface area (Å²) in [5.74, 6) is 0. The van der Waals surface area contributed by atoms with Crippen molar-refractivity contribution in [2.24, 2.45) is 0 Å². The number of piperidine rings is 1. The lowest BCUT2D eigenvalue weighted by Gasteiger charge is -2.24. The highest BCUT2D eigenvalue weighted by molar-refractivity contribution is 5.85. The summed E-state index contributed by atoms with van der Waals surface area (Å²) in [6, 6.07) is 0.693. The van der Waals surface area contributed by atoms with Gasteiger partial charge >= 0.3 is 0 Å². The van der Waals surface area contributed by atoms with Gasteiger partial charge in [-0.1, -0.05) is 0 Å². The number of halogens is 1. The molecule has 2 fully saturated rings. The van der Waals surface area contributed by atoms with Gasteiger partial charge in [-0.2, -0.15) is 0 Å². The zero-order valence-corrected chi connectivity index (χ0v) is 6.82. The molecule has 0 aromatic heterocycles. The summed E-state index contributed by atoms with van der Waals surface area (Å²) in [6.07, 6.45) is 4.35. The van der Waals surface area contributed by atoms with Crippen LogP contribution >= 0.6 is 12.4 Å². The molecule has 2 aliphatic heterocycles. The fourth-order valence-corrected chi connectivity index (χ4v) is 1.76. The van der Waals surface area contributed by atoms with Gasteiger partial charge in [0.25, 0.3) is 0 Å². The molecular formula is C7H14ClNO. The molecule has 10 heavy (non-hydrogen) atoms. The van der Waals surface area contributed by atoms with Gasteiger partial charge in [0.05, 0.1) is 6.10 Å². The molecule has 2 saturated heterocycles. The van der Waals surface area contributed by atoms with Crippen molar-refractivity contribution in [1.82, 2.24) is 5.32 Å². The van der Waals surface area contributed by atoms with Crippen molar-refractivity contribution in [3.8, 4) is 0 Å². The molecule has 2 aliphatic rings. The standard InChI is InChI=1S/C7H13NO.ClH/c1-2-7-6(8-4-1)3-5-9-7;/h6-8H,1-5H2;1H. The lowest BCUT2D eigenvalue weighted by molar-refractivity contribution is 0.0789. The molecule has 2 heterocycles. The summed E-state index contributed by atoms with van der Waals surface area (Å²) in [7, 11) is 0. The van der Waals surface area contributed by atoms with Crippen LogP contribution in [0.15, 0.2) is 0 Å². The molecule has 0 aromatic rings. The monoisotopic (exact) mass is 163 g/mol. The minimum atomic E-state index is 0. The quantitative estimate of drug-likeness (QED) is 0.574. The number of fused-ring (bicyclic) bond motifs is 1. The van der Waals surface area contributed by atoms with Crippen LogP contribution in [0.4, 0.5) is 0 Å². The van der Waals surface area contributed by atoms with Crippen LogP contribution in [-0.4, -0.2) is 25.3 Å². The lowest BCUT2D eigenvalue weighted by Crippen LogP contribution is -2.41. The topological polar surface area (TPSA) is 21.3 Å². The molecule has 0 amide bonds. The van der Waals surface area contributed by atoms with Gasteiger partial charge in [-0.15, -0.1) is 12.4 Å². The normalized spacial score (nSPS) is 38.4. The van der Waals surface area contributed by atoms with Crippen LogP contribution in [0.25, 0.3) is 0 Å². The SMILES string of the molecule is C1CNC2CCOC2C1.Cl. The molecule has 0 aliphatic carbocycles. The Hall–Kier alpha value is 0.210. The van der Waals surface area contributed by atoms with E-state index in [9.17, 15) is 0 Å². The molecule has 0 radical (unpaired) electrons. The van der Waals surface area contributed by atoms with Gasteiger partial charge in [0.1, 0.15) is 0 Å². The Morgan fingerprint density at radius 2 is 2.20 bits per heavy atom. The minimum absolute atomic E-state index is 0. The molecule has 60 valence electrons. The highest BCUT2D eigenvalue weighted by atomic mass is 35.5.